The van der Waals surface area contributed by atoms with Crippen LogP contribution in [0.2, 0.25) is 0 Å². The Bertz CT molecular complexity index is 726. The van der Waals surface area contributed by atoms with Crippen LogP contribution in [0.4, 0.5) is 10.5 Å². The first-order valence-corrected chi connectivity index (χ1v) is 8.88. The highest BCUT2D eigenvalue weighted by atomic mass is 16.3. The molecule has 2 N–H and O–H groups in total. The lowest BCUT2D eigenvalue weighted by Crippen LogP contribution is -2.45. The van der Waals surface area contributed by atoms with Crippen molar-refractivity contribution in [3.8, 4) is 0 Å². The summed E-state index contributed by atoms with van der Waals surface area (Å²) in [4.78, 5) is 14.8. The molecule has 0 aliphatic heterocycles. The maximum atomic E-state index is 13.0. The lowest BCUT2D eigenvalue weighted by Gasteiger charge is -2.31. The van der Waals surface area contributed by atoms with Gasteiger partial charge in [-0.15, -0.1) is 0 Å². The molecule has 1 aliphatic carbocycles. The first-order chi connectivity index (χ1) is 12.1. The minimum atomic E-state index is -0.150. The van der Waals surface area contributed by atoms with Gasteiger partial charge in [-0.2, -0.15) is 0 Å². The van der Waals surface area contributed by atoms with E-state index in [1.54, 1.807) is 4.90 Å². The Hall–Kier alpha value is -2.33. The van der Waals surface area contributed by atoms with Crippen molar-refractivity contribution in [2.45, 2.75) is 39.3 Å². The molecule has 2 aromatic carbocycles. The minimum Gasteiger partial charge on any atom is -0.394 e. The topological polar surface area (TPSA) is 52.6 Å². The fourth-order valence-electron chi connectivity index (χ4n) is 3.18. The standard InChI is InChI=1S/C21H26N2O2/c1-15-7-6-10-19(16(15)2)22-21(25)23(20(14-24)18-11-12-18)13-17-8-4-3-5-9-17/h3-10,18,20,24H,11-14H2,1-2H3,(H,22,25). The Morgan fingerprint density at radius 1 is 1.16 bits per heavy atom. The first-order valence-electron chi connectivity index (χ1n) is 8.88. The van der Waals surface area contributed by atoms with Crippen LogP contribution in [0.15, 0.2) is 48.5 Å². The molecule has 132 valence electrons. The van der Waals surface area contributed by atoms with Crippen LogP contribution in [0.1, 0.15) is 29.5 Å². The van der Waals surface area contributed by atoms with Gasteiger partial charge in [0.1, 0.15) is 0 Å². The van der Waals surface area contributed by atoms with E-state index in [9.17, 15) is 9.90 Å². The van der Waals surface area contributed by atoms with Crippen LogP contribution in [0.3, 0.4) is 0 Å². The second-order valence-corrected chi connectivity index (χ2v) is 6.88. The van der Waals surface area contributed by atoms with Crippen molar-refractivity contribution in [3.63, 3.8) is 0 Å². The summed E-state index contributed by atoms with van der Waals surface area (Å²) in [6.07, 6.45) is 2.15. The van der Waals surface area contributed by atoms with Gasteiger partial charge in [0.15, 0.2) is 0 Å². The van der Waals surface area contributed by atoms with E-state index in [1.807, 2.05) is 62.4 Å². The monoisotopic (exact) mass is 338 g/mol. The van der Waals surface area contributed by atoms with Gasteiger partial charge in [0.2, 0.25) is 0 Å². The number of rotatable bonds is 6. The third-order valence-corrected chi connectivity index (χ3v) is 5.06. The smallest absolute Gasteiger partial charge is 0.322 e. The van der Waals surface area contributed by atoms with Gasteiger partial charge in [-0.1, -0.05) is 42.5 Å². The molecule has 1 fully saturated rings. The number of aliphatic hydroxyl groups is 1. The van der Waals surface area contributed by atoms with Crippen LogP contribution in [-0.4, -0.2) is 28.7 Å². The molecule has 1 atom stereocenters. The first kappa shape index (κ1) is 17.5. The number of urea groups is 1. The molecular weight excluding hydrogens is 312 g/mol. The quantitative estimate of drug-likeness (QED) is 0.833. The van der Waals surface area contributed by atoms with Gasteiger partial charge in [-0.25, -0.2) is 4.79 Å². The van der Waals surface area contributed by atoms with Crippen molar-refractivity contribution in [2.24, 2.45) is 5.92 Å². The number of anilines is 1. The van der Waals surface area contributed by atoms with Crippen molar-refractivity contribution in [3.05, 3.63) is 65.2 Å². The number of carbonyl (C=O) groups excluding carboxylic acids is 1. The minimum absolute atomic E-state index is 0.00226. The van der Waals surface area contributed by atoms with E-state index in [2.05, 4.69) is 5.32 Å². The molecule has 0 bridgehead atoms. The lowest BCUT2D eigenvalue weighted by molar-refractivity contribution is 0.124. The highest BCUT2D eigenvalue weighted by Crippen LogP contribution is 2.36. The van der Waals surface area contributed by atoms with Gasteiger partial charge in [0.05, 0.1) is 12.6 Å². The van der Waals surface area contributed by atoms with Crippen molar-refractivity contribution in [2.75, 3.05) is 11.9 Å². The van der Waals surface area contributed by atoms with Crippen LogP contribution >= 0.6 is 0 Å². The van der Waals surface area contributed by atoms with Gasteiger partial charge in [-0.05, 0) is 55.4 Å². The van der Waals surface area contributed by atoms with E-state index in [0.29, 0.717) is 12.5 Å². The number of nitrogens with zero attached hydrogens (tertiary/aromatic N) is 1. The fraction of sp³-hybridized carbons (Fsp3) is 0.381. The zero-order valence-corrected chi connectivity index (χ0v) is 14.9. The molecular formula is C21H26N2O2. The molecule has 1 saturated carbocycles. The van der Waals surface area contributed by atoms with Crippen molar-refractivity contribution in [1.82, 2.24) is 4.90 Å². The van der Waals surface area contributed by atoms with Gasteiger partial charge in [0.25, 0.3) is 0 Å². The van der Waals surface area contributed by atoms with Gasteiger partial charge in [-0.3, -0.25) is 0 Å². The SMILES string of the molecule is Cc1cccc(NC(=O)N(Cc2ccccc2)C(CO)C2CC2)c1C. The third-order valence-electron chi connectivity index (χ3n) is 5.06. The van der Waals surface area contributed by atoms with Gasteiger partial charge >= 0.3 is 6.03 Å². The molecule has 25 heavy (non-hydrogen) atoms. The Kier molecular flexibility index (Phi) is 5.39. The highest BCUT2D eigenvalue weighted by molar-refractivity contribution is 5.90. The van der Waals surface area contributed by atoms with E-state index >= 15 is 0 Å². The molecule has 4 nitrogen and oxygen atoms in total. The van der Waals surface area contributed by atoms with Crippen LogP contribution < -0.4 is 5.32 Å². The zero-order chi connectivity index (χ0) is 17.8. The average molecular weight is 338 g/mol. The predicted molar refractivity (Wildman–Crippen MR) is 101 cm³/mol. The van der Waals surface area contributed by atoms with Crippen LogP contribution in [0.25, 0.3) is 0 Å². The number of nitrogens with one attached hydrogen (secondary N) is 1. The molecule has 0 radical (unpaired) electrons. The number of carbonyl (C=O) groups is 1. The van der Waals surface area contributed by atoms with E-state index in [1.165, 1.54) is 0 Å². The number of hydrogen-bond acceptors (Lipinski definition) is 2. The number of benzene rings is 2. The summed E-state index contributed by atoms with van der Waals surface area (Å²) in [5.74, 6) is 0.401. The average Bonchev–Trinajstić information content (AvgIpc) is 3.44. The molecule has 0 saturated heterocycles. The Balaban J connectivity index is 1.82. The van der Waals surface area contributed by atoms with Gasteiger partial charge in [0, 0.05) is 12.2 Å². The molecule has 1 aliphatic rings. The van der Waals surface area contributed by atoms with Crippen LogP contribution in [0.5, 0.6) is 0 Å². The fourth-order valence-corrected chi connectivity index (χ4v) is 3.18. The second kappa shape index (κ2) is 7.70. The van der Waals surface area contributed by atoms with E-state index < -0.39 is 0 Å². The Morgan fingerprint density at radius 2 is 1.88 bits per heavy atom. The lowest BCUT2D eigenvalue weighted by atomic mass is 10.1. The van der Waals surface area contributed by atoms with Crippen molar-refractivity contribution in [1.29, 1.82) is 0 Å². The van der Waals surface area contributed by atoms with Crippen LogP contribution in [0, 0.1) is 19.8 Å². The molecule has 0 aromatic heterocycles. The largest absolute Gasteiger partial charge is 0.394 e. The summed E-state index contributed by atoms with van der Waals surface area (Å²) < 4.78 is 0. The summed E-state index contributed by atoms with van der Waals surface area (Å²) in [6, 6.07) is 15.6. The molecule has 0 heterocycles. The number of aliphatic hydroxyl groups excluding tert-OH is 1. The highest BCUT2D eigenvalue weighted by Gasteiger charge is 2.37. The zero-order valence-electron chi connectivity index (χ0n) is 14.9. The summed E-state index contributed by atoms with van der Waals surface area (Å²) >= 11 is 0. The van der Waals surface area contributed by atoms with Crippen molar-refractivity contribution < 1.29 is 9.90 Å². The maximum Gasteiger partial charge on any atom is 0.322 e. The summed E-state index contributed by atoms with van der Waals surface area (Å²) in [7, 11) is 0. The number of aryl methyl sites for hydroxylation is 1. The van der Waals surface area contributed by atoms with Gasteiger partial charge < -0.3 is 15.3 Å². The molecule has 2 amide bonds. The normalized spacial score (nSPS) is 14.8. The number of hydrogen-bond donors (Lipinski definition) is 2. The van der Waals surface area contributed by atoms with Crippen LogP contribution in [-0.2, 0) is 6.54 Å². The molecule has 4 heteroatoms. The maximum absolute atomic E-state index is 13.0. The summed E-state index contributed by atoms with van der Waals surface area (Å²) in [5, 5.41) is 12.9. The molecule has 1 unspecified atom stereocenters. The van der Waals surface area contributed by atoms with E-state index in [4.69, 9.17) is 0 Å². The Labute approximate surface area is 149 Å². The Morgan fingerprint density at radius 3 is 2.52 bits per heavy atom. The second-order valence-electron chi connectivity index (χ2n) is 6.88. The van der Waals surface area contributed by atoms with Crippen molar-refractivity contribution >= 4 is 11.7 Å². The molecule has 2 aromatic rings. The van der Waals surface area contributed by atoms with E-state index in [-0.39, 0.29) is 18.7 Å². The summed E-state index contributed by atoms with van der Waals surface area (Å²) in [5.41, 5.74) is 4.11. The number of amides is 2. The van der Waals surface area contributed by atoms with E-state index in [0.717, 1.165) is 35.2 Å². The third kappa shape index (κ3) is 4.20. The molecule has 0 spiro atoms. The molecule has 3 rings (SSSR count). The predicted octanol–water partition coefficient (Wildman–Crippen LogP) is 4.11. The summed E-state index contributed by atoms with van der Waals surface area (Å²) in [6.45, 7) is 4.54.